The van der Waals surface area contributed by atoms with E-state index in [1.54, 1.807) is 36.4 Å². The molecule has 1 fully saturated rings. The van der Waals surface area contributed by atoms with Crippen molar-refractivity contribution < 1.29 is 9.59 Å². The van der Waals surface area contributed by atoms with Gasteiger partial charge >= 0.3 is 0 Å². The van der Waals surface area contributed by atoms with E-state index in [1.165, 1.54) is 0 Å². The second kappa shape index (κ2) is 4.43. The molecule has 84 valence electrons. The fraction of sp³-hybridized carbons (Fsp3) is 0.417. The molecule has 1 aliphatic rings. The second-order valence-electron chi connectivity index (χ2n) is 4.08. The molecule has 0 spiro atoms. The lowest BCUT2D eigenvalue weighted by Crippen LogP contribution is -2.29. The highest BCUT2D eigenvalue weighted by atomic mass is 16.2. The summed E-state index contributed by atoms with van der Waals surface area (Å²) in [4.78, 5) is 28.8. The Kier molecular flexibility index (Phi) is 2.99. The highest BCUT2D eigenvalue weighted by Crippen LogP contribution is 2.19. The lowest BCUT2D eigenvalue weighted by atomic mass is 10.1. The van der Waals surface area contributed by atoms with Crippen LogP contribution in [0.3, 0.4) is 0 Å². The molecule has 1 aromatic rings. The van der Waals surface area contributed by atoms with Gasteiger partial charge in [-0.25, -0.2) is 0 Å². The van der Waals surface area contributed by atoms with Crippen molar-refractivity contribution in [2.45, 2.75) is 13.3 Å². The van der Waals surface area contributed by atoms with Gasteiger partial charge in [-0.2, -0.15) is 0 Å². The largest absolute Gasteiger partial charge is 0.338 e. The zero-order valence-electron chi connectivity index (χ0n) is 9.22. The third-order valence-corrected chi connectivity index (χ3v) is 2.98. The summed E-state index contributed by atoms with van der Waals surface area (Å²) >= 11 is 0. The van der Waals surface area contributed by atoms with Crippen LogP contribution in [0.1, 0.15) is 23.7 Å². The van der Waals surface area contributed by atoms with Crippen LogP contribution in [0, 0.1) is 5.92 Å². The minimum atomic E-state index is -0.00819. The van der Waals surface area contributed by atoms with Crippen LogP contribution in [0.5, 0.6) is 0 Å². The van der Waals surface area contributed by atoms with E-state index in [0.717, 1.165) is 6.42 Å². The van der Waals surface area contributed by atoms with Crippen molar-refractivity contribution in [3.8, 4) is 0 Å². The maximum Gasteiger partial charge on any atom is 0.253 e. The highest BCUT2D eigenvalue weighted by molar-refractivity contribution is 5.94. The van der Waals surface area contributed by atoms with Gasteiger partial charge in [0.25, 0.3) is 5.91 Å². The first-order chi connectivity index (χ1) is 7.68. The monoisotopic (exact) mass is 218 g/mol. The Labute approximate surface area is 94.3 Å². The second-order valence-corrected chi connectivity index (χ2v) is 4.08. The molecule has 0 N–H and O–H groups in total. The number of amides is 1. The predicted octanol–water partition coefficient (Wildman–Crippen LogP) is 1.13. The summed E-state index contributed by atoms with van der Waals surface area (Å²) in [5.74, 6) is 0.182. The summed E-state index contributed by atoms with van der Waals surface area (Å²) in [6, 6.07) is 3.40. The van der Waals surface area contributed by atoms with Crippen LogP contribution in [0.15, 0.2) is 24.5 Å². The number of nitrogens with zero attached hydrogens (tertiary/aromatic N) is 2. The quantitative estimate of drug-likeness (QED) is 0.747. The Bertz CT molecular complexity index is 403. The topological polar surface area (TPSA) is 50.3 Å². The molecule has 1 saturated heterocycles. The van der Waals surface area contributed by atoms with Crippen LogP contribution < -0.4 is 0 Å². The van der Waals surface area contributed by atoms with Gasteiger partial charge in [0.05, 0.1) is 0 Å². The minimum Gasteiger partial charge on any atom is -0.338 e. The zero-order chi connectivity index (χ0) is 11.5. The number of aromatic nitrogens is 1. The molecule has 2 heterocycles. The first-order valence-electron chi connectivity index (χ1n) is 5.38. The standard InChI is InChI=1S/C12H14N2O2/c1-9(15)11-4-7-14(8-11)12(16)10-2-5-13-6-3-10/h2-3,5-6,11H,4,7-8H2,1H3/t11-/m0/s1. The number of hydrogen-bond acceptors (Lipinski definition) is 3. The van der Waals surface area contributed by atoms with Gasteiger partial charge in [-0.3, -0.25) is 14.6 Å². The third-order valence-electron chi connectivity index (χ3n) is 2.98. The SMILES string of the molecule is CC(=O)[C@H]1CCN(C(=O)c2ccncc2)C1. The predicted molar refractivity (Wildman–Crippen MR) is 58.9 cm³/mol. The van der Waals surface area contributed by atoms with Gasteiger partial charge in [-0.1, -0.05) is 0 Å². The molecule has 4 heteroatoms. The number of carbonyl (C=O) groups excluding carboxylic acids is 2. The number of hydrogen-bond donors (Lipinski definition) is 0. The maximum atomic E-state index is 12.0. The Balaban J connectivity index is 2.05. The molecule has 0 aliphatic carbocycles. The fourth-order valence-electron chi connectivity index (χ4n) is 1.95. The summed E-state index contributed by atoms with van der Waals surface area (Å²) in [6.07, 6.45) is 3.99. The first-order valence-corrected chi connectivity index (χ1v) is 5.38. The molecule has 1 atom stereocenters. The average Bonchev–Trinajstić information content (AvgIpc) is 2.78. The first kappa shape index (κ1) is 10.8. The molecule has 0 bridgehead atoms. The van der Waals surface area contributed by atoms with Gasteiger partial charge in [0.1, 0.15) is 5.78 Å². The summed E-state index contributed by atoms with van der Waals surface area (Å²) in [5, 5.41) is 0. The molecule has 0 saturated carbocycles. The molecule has 0 radical (unpaired) electrons. The molecule has 1 amide bonds. The number of pyridine rings is 1. The van der Waals surface area contributed by atoms with Crippen LogP contribution in [0.4, 0.5) is 0 Å². The van der Waals surface area contributed by atoms with Crippen molar-refractivity contribution in [2.24, 2.45) is 5.92 Å². The van der Waals surface area contributed by atoms with Crippen LogP contribution in [0.25, 0.3) is 0 Å². The Morgan fingerprint density at radius 2 is 2.06 bits per heavy atom. The Morgan fingerprint density at radius 1 is 1.38 bits per heavy atom. The van der Waals surface area contributed by atoms with Crippen molar-refractivity contribution in [2.75, 3.05) is 13.1 Å². The molecule has 16 heavy (non-hydrogen) atoms. The molecular formula is C12H14N2O2. The minimum absolute atomic E-state index is 0.00819. The van der Waals surface area contributed by atoms with Crippen molar-refractivity contribution in [1.29, 1.82) is 0 Å². The summed E-state index contributed by atoms with van der Waals surface area (Å²) in [5.41, 5.74) is 0.638. The van der Waals surface area contributed by atoms with Gasteiger partial charge < -0.3 is 4.90 Å². The van der Waals surface area contributed by atoms with E-state index >= 15 is 0 Å². The zero-order valence-corrected chi connectivity index (χ0v) is 9.22. The van der Waals surface area contributed by atoms with Gasteiger partial charge in [0, 0.05) is 37.0 Å². The summed E-state index contributed by atoms with van der Waals surface area (Å²) < 4.78 is 0. The molecule has 1 aliphatic heterocycles. The van der Waals surface area contributed by atoms with Crippen molar-refractivity contribution in [3.63, 3.8) is 0 Å². The van der Waals surface area contributed by atoms with E-state index in [1.807, 2.05) is 0 Å². The fourth-order valence-corrected chi connectivity index (χ4v) is 1.95. The van der Waals surface area contributed by atoms with Gasteiger partial charge in [-0.05, 0) is 25.5 Å². The molecule has 0 unspecified atom stereocenters. The smallest absolute Gasteiger partial charge is 0.253 e. The van der Waals surface area contributed by atoms with Crippen LogP contribution in [-0.2, 0) is 4.79 Å². The summed E-state index contributed by atoms with van der Waals surface area (Å²) in [6.45, 7) is 2.81. The van der Waals surface area contributed by atoms with Crippen LogP contribution in [0.2, 0.25) is 0 Å². The lowest BCUT2D eigenvalue weighted by Gasteiger charge is -2.15. The maximum absolute atomic E-state index is 12.0. The molecule has 4 nitrogen and oxygen atoms in total. The number of ketones is 1. The van der Waals surface area contributed by atoms with E-state index in [2.05, 4.69) is 4.98 Å². The summed E-state index contributed by atoms with van der Waals surface area (Å²) in [7, 11) is 0. The number of rotatable bonds is 2. The van der Waals surface area contributed by atoms with E-state index in [9.17, 15) is 9.59 Å². The number of Topliss-reactive ketones (excluding diaryl/α,β-unsaturated/α-hetero) is 1. The van der Waals surface area contributed by atoms with Gasteiger partial charge in [-0.15, -0.1) is 0 Å². The number of carbonyl (C=O) groups is 2. The van der Waals surface area contributed by atoms with Gasteiger partial charge in [0.15, 0.2) is 0 Å². The van der Waals surface area contributed by atoms with Crippen LogP contribution in [-0.4, -0.2) is 34.7 Å². The van der Waals surface area contributed by atoms with Gasteiger partial charge in [0.2, 0.25) is 0 Å². The molecule has 1 aromatic heterocycles. The van der Waals surface area contributed by atoms with E-state index in [4.69, 9.17) is 0 Å². The van der Waals surface area contributed by atoms with E-state index < -0.39 is 0 Å². The normalized spacial score (nSPS) is 19.8. The van der Waals surface area contributed by atoms with Crippen molar-refractivity contribution in [1.82, 2.24) is 9.88 Å². The molecule has 0 aromatic carbocycles. The van der Waals surface area contributed by atoms with E-state index in [0.29, 0.717) is 18.7 Å². The highest BCUT2D eigenvalue weighted by Gasteiger charge is 2.29. The molecule has 2 rings (SSSR count). The van der Waals surface area contributed by atoms with E-state index in [-0.39, 0.29) is 17.6 Å². The van der Waals surface area contributed by atoms with Crippen molar-refractivity contribution in [3.05, 3.63) is 30.1 Å². The Morgan fingerprint density at radius 3 is 2.62 bits per heavy atom. The Hall–Kier alpha value is -1.71. The molecular weight excluding hydrogens is 204 g/mol. The average molecular weight is 218 g/mol. The third kappa shape index (κ3) is 2.10. The lowest BCUT2D eigenvalue weighted by molar-refractivity contribution is -0.120. The van der Waals surface area contributed by atoms with Crippen LogP contribution >= 0.6 is 0 Å². The van der Waals surface area contributed by atoms with Crippen molar-refractivity contribution >= 4 is 11.7 Å². The number of likely N-dealkylation sites (tertiary alicyclic amines) is 1.